The second kappa shape index (κ2) is 6.17. The van der Waals surface area contributed by atoms with E-state index >= 15 is 0 Å². The summed E-state index contributed by atoms with van der Waals surface area (Å²) >= 11 is 0. The first-order valence-corrected chi connectivity index (χ1v) is 6.87. The summed E-state index contributed by atoms with van der Waals surface area (Å²) in [7, 11) is 0. The minimum Gasteiger partial charge on any atom is -0.392 e. The van der Waals surface area contributed by atoms with E-state index in [0.29, 0.717) is 12.5 Å². The number of nitrogens with zero attached hydrogens (tertiary/aromatic N) is 2. The Morgan fingerprint density at radius 3 is 2.89 bits per heavy atom. The van der Waals surface area contributed by atoms with Crippen molar-refractivity contribution >= 4 is 5.65 Å². The molecule has 2 N–H and O–H groups in total. The van der Waals surface area contributed by atoms with E-state index in [9.17, 15) is 5.11 Å². The molecular weight excluding hydrogens is 238 g/mol. The number of fused-ring (bicyclic) bond motifs is 1. The highest BCUT2D eigenvalue weighted by Gasteiger charge is 2.07. The molecule has 0 spiro atoms. The zero-order chi connectivity index (χ0) is 13.8. The predicted molar refractivity (Wildman–Crippen MR) is 77.1 cm³/mol. The lowest BCUT2D eigenvalue weighted by Gasteiger charge is -2.13. The molecule has 2 rings (SSSR count). The number of aliphatic hydroxyl groups excluding tert-OH is 1. The molecule has 4 nitrogen and oxygen atoms in total. The van der Waals surface area contributed by atoms with Crippen LogP contribution in [0.4, 0.5) is 0 Å². The molecule has 19 heavy (non-hydrogen) atoms. The lowest BCUT2D eigenvalue weighted by atomic mass is 10.1. The van der Waals surface area contributed by atoms with Crippen molar-refractivity contribution in [2.24, 2.45) is 5.92 Å². The van der Waals surface area contributed by atoms with Gasteiger partial charge in [-0.25, -0.2) is 4.98 Å². The number of hydrogen-bond acceptors (Lipinski definition) is 3. The Hall–Kier alpha value is -1.39. The van der Waals surface area contributed by atoms with E-state index in [0.717, 1.165) is 24.3 Å². The van der Waals surface area contributed by atoms with Crippen LogP contribution in [0.1, 0.15) is 31.5 Å². The van der Waals surface area contributed by atoms with Gasteiger partial charge in [-0.3, -0.25) is 0 Å². The first kappa shape index (κ1) is 14.0. The van der Waals surface area contributed by atoms with Gasteiger partial charge in [0.05, 0.1) is 18.0 Å². The SMILES string of the molecule is Cc1ccc2ncc(CNCC(O)CC(C)C)n2c1. The summed E-state index contributed by atoms with van der Waals surface area (Å²) in [6, 6.07) is 4.08. The molecule has 2 aromatic rings. The molecule has 0 saturated heterocycles. The molecule has 0 aliphatic rings. The maximum Gasteiger partial charge on any atom is 0.136 e. The first-order chi connectivity index (χ1) is 9.06. The Kier molecular flexibility index (Phi) is 4.56. The molecule has 0 aliphatic carbocycles. The molecule has 0 amide bonds. The number of hydrogen-bond donors (Lipinski definition) is 2. The minimum atomic E-state index is -0.277. The Morgan fingerprint density at radius 2 is 2.16 bits per heavy atom. The molecule has 0 saturated carbocycles. The van der Waals surface area contributed by atoms with Crippen molar-refractivity contribution in [2.75, 3.05) is 6.54 Å². The zero-order valence-corrected chi connectivity index (χ0v) is 11.9. The number of nitrogens with one attached hydrogen (secondary N) is 1. The zero-order valence-electron chi connectivity index (χ0n) is 11.9. The summed E-state index contributed by atoms with van der Waals surface area (Å²) in [6.07, 6.45) is 4.53. The van der Waals surface area contributed by atoms with Crippen molar-refractivity contribution in [3.05, 3.63) is 35.8 Å². The van der Waals surface area contributed by atoms with Gasteiger partial charge >= 0.3 is 0 Å². The maximum atomic E-state index is 9.82. The Labute approximate surface area is 114 Å². The van der Waals surface area contributed by atoms with E-state index in [1.807, 2.05) is 12.3 Å². The van der Waals surface area contributed by atoms with E-state index in [-0.39, 0.29) is 6.10 Å². The van der Waals surface area contributed by atoms with Crippen LogP contribution in [0.25, 0.3) is 5.65 Å². The van der Waals surface area contributed by atoms with Crippen molar-refractivity contribution in [1.29, 1.82) is 0 Å². The number of aliphatic hydroxyl groups is 1. The lowest BCUT2D eigenvalue weighted by molar-refractivity contribution is 0.146. The standard InChI is InChI=1S/C15H23N3O/c1-11(2)6-14(19)9-16-7-13-8-17-15-5-4-12(3)10-18(13)15/h4-5,8,10-11,14,16,19H,6-7,9H2,1-3H3. The van der Waals surface area contributed by atoms with Crippen LogP contribution in [-0.4, -0.2) is 27.1 Å². The Balaban J connectivity index is 1.93. The fraction of sp³-hybridized carbons (Fsp3) is 0.533. The molecule has 0 fully saturated rings. The van der Waals surface area contributed by atoms with Crippen LogP contribution in [0.15, 0.2) is 24.5 Å². The molecule has 4 heteroatoms. The van der Waals surface area contributed by atoms with Gasteiger partial charge in [0, 0.05) is 19.3 Å². The second-order valence-corrected chi connectivity index (χ2v) is 5.60. The van der Waals surface area contributed by atoms with Crippen LogP contribution in [0.2, 0.25) is 0 Å². The highest BCUT2D eigenvalue weighted by Crippen LogP contribution is 2.09. The topological polar surface area (TPSA) is 49.6 Å². The summed E-state index contributed by atoms with van der Waals surface area (Å²) in [5.41, 5.74) is 3.30. The minimum absolute atomic E-state index is 0.277. The van der Waals surface area contributed by atoms with Gasteiger partial charge in [-0.1, -0.05) is 19.9 Å². The molecule has 0 bridgehead atoms. The van der Waals surface area contributed by atoms with Gasteiger partial charge in [-0.2, -0.15) is 0 Å². The predicted octanol–water partition coefficient (Wildman–Crippen LogP) is 2.14. The molecule has 0 aliphatic heterocycles. The molecule has 1 atom stereocenters. The van der Waals surface area contributed by atoms with Crippen molar-refractivity contribution < 1.29 is 5.11 Å². The van der Waals surface area contributed by atoms with Crippen molar-refractivity contribution in [1.82, 2.24) is 14.7 Å². The summed E-state index contributed by atoms with van der Waals surface area (Å²) in [4.78, 5) is 4.37. The van der Waals surface area contributed by atoms with Crippen molar-refractivity contribution in [3.8, 4) is 0 Å². The number of imidazole rings is 1. The normalized spacial score (nSPS) is 13.3. The van der Waals surface area contributed by atoms with Crippen LogP contribution in [0.5, 0.6) is 0 Å². The van der Waals surface area contributed by atoms with Crippen LogP contribution in [0, 0.1) is 12.8 Å². The summed E-state index contributed by atoms with van der Waals surface area (Å²) in [6.45, 7) is 7.66. The third kappa shape index (κ3) is 3.78. The fourth-order valence-corrected chi connectivity index (χ4v) is 2.26. The van der Waals surface area contributed by atoms with Crippen LogP contribution < -0.4 is 5.32 Å². The first-order valence-electron chi connectivity index (χ1n) is 6.87. The highest BCUT2D eigenvalue weighted by molar-refractivity contribution is 5.41. The van der Waals surface area contributed by atoms with Gasteiger partial charge in [0.1, 0.15) is 5.65 Å². The van der Waals surface area contributed by atoms with E-state index < -0.39 is 0 Å². The Bertz CT molecular complexity index is 533. The molecule has 0 aromatic carbocycles. The molecule has 0 radical (unpaired) electrons. The van der Waals surface area contributed by atoms with Crippen molar-refractivity contribution in [3.63, 3.8) is 0 Å². The monoisotopic (exact) mass is 261 g/mol. The van der Waals surface area contributed by atoms with Crippen LogP contribution in [-0.2, 0) is 6.54 Å². The van der Waals surface area contributed by atoms with Gasteiger partial charge < -0.3 is 14.8 Å². The highest BCUT2D eigenvalue weighted by atomic mass is 16.3. The molecular formula is C15H23N3O. The van der Waals surface area contributed by atoms with Crippen molar-refractivity contribution in [2.45, 2.75) is 39.8 Å². The quantitative estimate of drug-likeness (QED) is 0.837. The Morgan fingerprint density at radius 1 is 1.37 bits per heavy atom. The van der Waals surface area contributed by atoms with E-state index in [4.69, 9.17) is 0 Å². The second-order valence-electron chi connectivity index (χ2n) is 5.60. The van der Waals surface area contributed by atoms with Gasteiger partial charge in [-0.05, 0) is 30.9 Å². The number of rotatable bonds is 6. The molecule has 2 aromatic heterocycles. The average molecular weight is 261 g/mol. The van der Waals surface area contributed by atoms with Gasteiger partial charge in [-0.15, -0.1) is 0 Å². The smallest absolute Gasteiger partial charge is 0.136 e. The molecule has 104 valence electrons. The van der Waals surface area contributed by atoms with Gasteiger partial charge in [0.25, 0.3) is 0 Å². The van der Waals surface area contributed by atoms with Crippen LogP contribution >= 0.6 is 0 Å². The summed E-state index contributed by atoms with van der Waals surface area (Å²) in [5, 5.41) is 13.1. The van der Waals surface area contributed by atoms with E-state index in [2.05, 4.69) is 47.7 Å². The largest absolute Gasteiger partial charge is 0.392 e. The number of pyridine rings is 1. The fourth-order valence-electron chi connectivity index (χ4n) is 2.26. The van der Waals surface area contributed by atoms with E-state index in [1.54, 1.807) is 0 Å². The summed E-state index contributed by atoms with van der Waals surface area (Å²) < 4.78 is 2.09. The third-order valence-corrected chi connectivity index (χ3v) is 3.16. The average Bonchev–Trinajstić information content (AvgIpc) is 2.71. The third-order valence-electron chi connectivity index (χ3n) is 3.16. The number of aromatic nitrogens is 2. The van der Waals surface area contributed by atoms with Crippen LogP contribution in [0.3, 0.4) is 0 Å². The van der Waals surface area contributed by atoms with E-state index in [1.165, 1.54) is 5.56 Å². The van der Waals surface area contributed by atoms with Gasteiger partial charge in [0.2, 0.25) is 0 Å². The number of aryl methyl sites for hydroxylation is 1. The lowest BCUT2D eigenvalue weighted by Crippen LogP contribution is -2.27. The molecule has 2 heterocycles. The summed E-state index contributed by atoms with van der Waals surface area (Å²) in [5.74, 6) is 0.523. The van der Waals surface area contributed by atoms with Gasteiger partial charge in [0.15, 0.2) is 0 Å². The molecule has 1 unspecified atom stereocenters. The maximum absolute atomic E-state index is 9.82.